The molecule has 0 saturated heterocycles. The molecule has 0 bridgehead atoms. The highest BCUT2D eigenvalue weighted by atomic mass is 19.1. The minimum Gasteiger partial charge on any atom is -0.340 e. The van der Waals surface area contributed by atoms with Gasteiger partial charge in [-0.3, -0.25) is 10.1 Å². The molecule has 164 valence electrons. The second kappa shape index (κ2) is 8.86. The Labute approximate surface area is 188 Å². The molecular formula is C23H18FN7O2. The first-order chi connectivity index (χ1) is 15.9. The first kappa shape index (κ1) is 21.6. The summed E-state index contributed by atoms with van der Waals surface area (Å²) in [7, 11) is 0. The van der Waals surface area contributed by atoms with Gasteiger partial charge in [0.25, 0.3) is 5.69 Å². The van der Waals surface area contributed by atoms with Crippen LogP contribution >= 0.6 is 0 Å². The number of nitriles is 1. The van der Waals surface area contributed by atoms with Gasteiger partial charge in [0.15, 0.2) is 0 Å². The number of hydrogen-bond donors (Lipinski definition) is 2. The summed E-state index contributed by atoms with van der Waals surface area (Å²) in [6.07, 6.45) is 1.32. The molecule has 0 atom stereocenters. The molecular weight excluding hydrogens is 425 g/mol. The Hall–Kier alpha value is -4.62. The number of nitrogens with two attached hydrogens (primary N) is 1. The summed E-state index contributed by atoms with van der Waals surface area (Å²) in [4.78, 5) is 19.1. The number of rotatable bonds is 6. The van der Waals surface area contributed by atoms with E-state index < -0.39 is 4.92 Å². The van der Waals surface area contributed by atoms with Crippen LogP contribution in [0.2, 0.25) is 0 Å². The lowest BCUT2D eigenvalue weighted by atomic mass is 10.1. The Morgan fingerprint density at radius 2 is 2.03 bits per heavy atom. The predicted octanol–water partition coefficient (Wildman–Crippen LogP) is 4.48. The number of nitro groups is 1. The lowest BCUT2D eigenvalue weighted by Gasteiger charge is -2.22. The maximum atomic E-state index is 13.5. The first-order valence-corrected chi connectivity index (χ1v) is 9.83. The van der Waals surface area contributed by atoms with Crippen molar-refractivity contribution in [1.82, 2.24) is 9.97 Å². The number of hydrazine groups is 1. The van der Waals surface area contributed by atoms with Crippen LogP contribution in [-0.2, 0) is 6.54 Å². The average molecular weight is 443 g/mol. The minimum absolute atomic E-state index is 0.0707. The van der Waals surface area contributed by atoms with Crippen molar-refractivity contribution < 1.29 is 9.31 Å². The molecule has 0 radical (unpaired) electrons. The number of halogens is 1. The number of fused-ring (bicyclic) bond motifs is 1. The zero-order valence-electron chi connectivity index (χ0n) is 17.5. The van der Waals surface area contributed by atoms with Crippen molar-refractivity contribution in [3.8, 4) is 6.07 Å². The summed E-state index contributed by atoms with van der Waals surface area (Å²) in [5, 5.41) is 25.6. The van der Waals surface area contributed by atoms with Crippen LogP contribution in [0.3, 0.4) is 0 Å². The van der Waals surface area contributed by atoms with Crippen molar-refractivity contribution in [3.63, 3.8) is 0 Å². The van der Waals surface area contributed by atoms with Gasteiger partial charge in [-0.05, 0) is 54.4 Å². The van der Waals surface area contributed by atoms with Crippen LogP contribution in [0.4, 0.5) is 27.3 Å². The molecule has 1 aromatic heterocycles. The number of benzene rings is 3. The second-order valence-corrected chi connectivity index (χ2v) is 7.36. The van der Waals surface area contributed by atoms with Crippen molar-refractivity contribution in [1.29, 1.82) is 5.26 Å². The minimum atomic E-state index is -0.609. The van der Waals surface area contributed by atoms with E-state index >= 15 is 0 Å². The van der Waals surface area contributed by atoms with Gasteiger partial charge in [-0.25, -0.2) is 20.2 Å². The van der Waals surface area contributed by atoms with Crippen LogP contribution in [0.15, 0.2) is 60.9 Å². The zero-order valence-corrected chi connectivity index (χ0v) is 17.5. The highest BCUT2D eigenvalue weighted by Crippen LogP contribution is 2.31. The Morgan fingerprint density at radius 1 is 1.21 bits per heavy atom. The molecule has 0 spiro atoms. The van der Waals surface area contributed by atoms with Gasteiger partial charge in [0, 0.05) is 17.1 Å². The van der Waals surface area contributed by atoms with E-state index in [1.54, 1.807) is 18.2 Å². The fraction of sp³-hybridized carbons (Fsp3) is 0.0870. The van der Waals surface area contributed by atoms with Gasteiger partial charge >= 0.3 is 0 Å². The van der Waals surface area contributed by atoms with Gasteiger partial charge in [-0.1, -0.05) is 12.1 Å². The monoisotopic (exact) mass is 443 g/mol. The fourth-order valence-corrected chi connectivity index (χ4v) is 3.54. The standard InChI is InChI=1S/C23H18FN7O2/c1-14-7-18(5-6-21(14)30(26)12-15-3-2-4-17(24)8-15)29-23-19-10-22(31(32)33)16(11-25)9-20(19)27-13-28-23/h2-10,13H,12,26H2,1H3,(H,27,28,29). The maximum absolute atomic E-state index is 13.5. The van der Waals surface area contributed by atoms with Gasteiger partial charge in [0.05, 0.1) is 22.7 Å². The molecule has 0 amide bonds. The van der Waals surface area contributed by atoms with Gasteiger partial charge in [-0.15, -0.1) is 0 Å². The summed E-state index contributed by atoms with van der Waals surface area (Å²) < 4.78 is 13.5. The summed E-state index contributed by atoms with van der Waals surface area (Å²) in [6, 6.07) is 16.2. The SMILES string of the molecule is Cc1cc(Nc2ncnc3cc(C#N)c([N+](=O)[O-])cc23)ccc1N(N)Cc1cccc(F)c1. The van der Waals surface area contributed by atoms with Crippen LogP contribution < -0.4 is 16.2 Å². The molecule has 0 aliphatic carbocycles. The fourth-order valence-electron chi connectivity index (χ4n) is 3.54. The highest BCUT2D eigenvalue weighted by molar-refractivity contribution is 5.93. The molecule has 0 saturated carbocycles. The second-order valence-electron chi connectivity index (χ2n) is 7.36. The topological polar surface area (TPSA) is 134 Å². The van der Waals surface area contributed by atoms with Crippen LogP contribution in [0, 0.1) is 34.2 Å². The lowest BCUT2D eigenvalue weighted by molar-refractivity contribution is -0.385. The van der Waals surface area contributed by atoms with E-state index in [9.17, 15) is 19.8 Å². The molecule has 1 heterocycles. The normalized spacial score (nSPS) is 10.6. The third kappa shape index (κ3) is 4.53. The van der Waals surface area contributed by atoms with Crippen LogP contribution in [0.5, 0.6) is 0 Å². The Kier molecular flexibility index (Phi) is 5.80. The molecule has 0 fully saturated rings. The zero-order chi connectivity index (χ0) is 23.5. The number of anilines is 3. The van der Waals surface area contributed by atoms with E-state index in [4.69, 9.17) is 5.84 Å². The van der Waals surface area contributed by atoms with E-state index in [1.165, 1.54) is 35.6 Å². The number of hydrogen-bond acceptors (Lipinski definition) is 8. The van der Waals surface area contributed by atoms with Gasteiger partial charge in [-0.2, -0.15) is 5.26 Å². The number of nitro benzene ring substituents is 1. The van der Waals surface area contributed by atoms with E-state index in [0.29, 0.717) is 29.0 Å². The molecule has 4 rings (SSSR count). The Balaban J connectivity index is 1.62. The van der Waals surface area contributed by atoms with Gasteiger partial charge < -0.3 is 10.3 Å². The van der Waals surface area contributed by atoms with E-state index in [2.05, 4.69) is 15.3 Å². The van der Waals surface area contributed by atoms with Crippen molar-refractivity contribution in [3.05, 3.63) is 93.5 Å². The maximum Gasteiger partial charge on any atom is 0.287 e. The van der Waals surface area contributed by atoms with E-state index in [0.717, 1.165) is 16.8 Å². The number of nitrogens with one attached hydrogen (secondary N) is 1. The van der Waals surface area contributed by atoms with E-state index in [-0.39, 0.29) is 17.1 Å². The van der Waals surface area contributed by atoms with Crippen molar-refractivity contribution in [2.45, 2.75) is 13.5 Å². The third-order valence-electron chi connectivity index (χ3n) is 5.08. The quantitative estimate of drug-likeness (QED) is 0.253. The van der Waals surface area contributed by atoms with Crippen molar-refractivity contribution in [2.75, 3.05) is 10.3 Å². The number of nitrogens with zero attached hydrogens (tertiary/aromatic N) is 5. The van der Waals surface area contributed by atoms with Crippen molar-refractivity contribution in [2.24, 2.45) is 5.84 Å². The molecule has 33 heavy (non-hydrogen) atoms. The first-order valence-electron chi connectivity index (χ1n) is 9.83. The highest BCUT2D eigenvalue weighted by Gasteiger charge is 2.18. The summed E-state index contributed by atoms with van der Waals surface area (Å²) in [6.45, 7) is 2.21. The molecule has 9 nitrogen and oxygen atoms in total. The molecule has 3 aromatic carbocycles. The summed E-state index contributed by atoms with van der Waals surface area (Å²) in [5.74, 6) is 6.25. The van der Waals surface area contributed by atoms with Gasteiger partial charge in [0.2, 0.25) is 0 Å². The largest absolute Gasteiger partial charge is 0.340 e. The number of aryl methyl sites for hydroxylation is 1. The van der Waals surface area contributed by atoms with Crippen LogP contribution in [-0.4, -0.2) is 14.9 Å². The third-order valence-corrected chi connectivity index (χ3v) is 5.08. The molecule has 0 aliphatic heterocycles. The van der Waals surface area contributed by atoms with Crippen molar-refractivity contribution >= 4 is 33.8 Å². The smallest absolute Gasteiger partial charge is 0.287 e. The van der Waals surface area contributed by atoms with Gasteiger partial charge in [0.1, 0.15) is 29.6 Å². The summed E-state index contributed by atoms with van der Waals surface area (Å²) in [5.41, 5.74) is 3.06. The molecule has 4 aromatic rings. The molecule has 0 unspecified atom stereocenters. The van der Waals surface area contributed by atoms with Crippen LogP contribution in [0.1, 0.15) is 16.7 Å². The predicted molar refractivity (Wildman–Crippen MR) is 122 cm³/mol. The van der Waals surface area contributed by atoms with Crippen LogP contribution in [0.25, 0.3) is 10.9 Å². The van der Waals surface area contributed by atoms with E-state index in [1.807, 2.05) is 25.1 Å². The lowest BCUT2D eigenvalue weighted by Crippen LogP contribution is -2.30. The summed E-state index contributed by atoms with van der Waals surface area (Å²) >= 11 is 0. The molecule has 10 heteroatoms. The Morgan fingerprint density at radius 3 is 2.73 bits per heavy atom. The molecule has 0 aliphatic rings. The molecule has 3 N–H and O–H groups in total. The number of aromatic nitrogens is 2. The Bertz CT molecular complexity index is 1420. The average Bonchev–Trinajstić information content (AvgIpc) is 2.78.